The van der Waals surface area contributed by atoms with E-state index in [4.69, 9.17) is 4.74 Å². The van der Waals surface area contributed by atoms with Crippen LogP contribution in [-0.4, -0.2) is 55.1 Å². The quantitative estimate of drug-likeness (QED) is 0.883. The number of carbonyl (C=O) groups excluding carboxylic acids is 1. The molecule has 2 rings (SSSR count). The number of anilines is 1. The van der Waals surface area contributed by atoms with E-state index in [0.717, 1.165) is 0 Å². The van der Waals surface area contributed by atoms with Gasteiger partial charge in [-0.05, 0) is 12.1 Å². The average Bonchev–Trinajstić information content (AvgIpc) is 2.45. The van der Waals surface area contributed by atoms with Crippen LogP contribution in [0.15, 0.2) is 12.1 Å². The first kappa shape index (κ1) is 14.5. The number of ether oxygens (including phenoxy) is 1. The van der Waals surface area contributed by atoms with Gasteiger partial charge >= 0.3 is 6.18 Å². The van der Waals surface area contributed by atoms with E-state index in [1.807, 2.05) is 4.90 Å². The molecule has 1 aromatic rings. The number of amides is 1. The van der Waals surface area contributed by atoms with Gasteiger partial charge in [0.05, 0.1) is 13.2 Å². The molecule has 0 unspecified atom stereocenters. The summed E-state index contributed by atoms with van der Waals surface area (Å²) in [6.45, 7) is 1.09. The fourth-order valence-electron chi connectivity index (χ4n) is 1.68. The lowest BCUT2D eigenvalue weighted by Gasteiger charge is -2.27. The molecule has 9 heteroatoms. The van der Waals surface area contributed by atoms with E-state index in [0.29, 0.717) is 32.1 Å². The van der Waals surface area contributed by atoms with E-state index in [9.17, 15) is 18.0 Å². The lowest BCUT2D eigenvalue weighted by molar-refractivity contribution is -0.123. The number of morpholine rings is 1. The van der Waals surface area contributed by atoms with Crippen molar-refractivity contribution in [1.29, 1.82) is 0 Å². The first-order chi connectivity index (χ1) is 9.46. The summed E-state index contributed by atoms with van der Waals surface area (Å²) in [6.07, 6.45) is -4.45. The summed E-state index contributed by atoms with van der Waals surface area (Å²) in [5.41, 5.74) is -0.147. The number of carbonyl (C=O) groups is 1. The van der Waals surface area contributed by atoms with E-state index in [1.165, 1.54) is 6.07 Å². The van der Waals surface area contributed by atoms with Crippen molar-refractivity contribution in [3.05, 3.63) is 17.8 Å². The van der Waals surface area contributed by atoms with E-state index in [-0.39, 0.29) is 5.69 Å². The average molecular weight is 290 g/mol. The largest absolute Gasteiger partial charge is 0.405 e. The van der Waals surface area contributed by atoms with Gasteiger partial charge in [-0.25, -0.2) is 0 Å². The van der Waals surface area contributed by atoms with Gasteiger partial charge in [0, 0.05) is 13.1 Å². The number of halogens is 3. The molecule has 6 nitrogen and oxygen atoms in total. The molecule has 0 spiro atoms. The van der Waals surface area contributed by atoms with Crippen molar-refractivity contribution < 1.29 is 22.7 Å². The van der Waals surface area contributed by atoms with E-state index < -0.39 is 18.6 Å². The minimum atomic E-state index is -4.45. The number of hydrogen-bond acceptors (Lipinski definition) is 5. The van der Waals surface area contributed by atoms with Gasteiger partial charge in [0.25, 0.3) is 5.91 Å². The fourth-order valence-corrected chi connectivity index (χ4v) is 1.68. The van der Waals surface area contributed by atoms with Gasteiger partial charge in [0.1, 0.15) is 6.54 Å². The van der Waals surface area contributed by atoms with Gasteiger partial charge in [0.15, 0.2) is 11.5 Å². The van der Waals surface area contributed by atoms with Crippen molar-refractivity contribution in [3.8, 4) is 0 Å². The van der Waals surface area contributed by atoms with Gasteiger partial charge < -0.3 is 15.0 Å². The number of rotatable bonds is 3. The maximum absolute atomic E-state index is 12.0. The maximum atomic E-state index is 12.0. The second-order valence-corrected chi connectivity index (χ2v) is 4.17. The predicted octanol–water partition coefficient (Wildman–Crippen LogP) is 0.605. The molecule has 0 saturated carbocycles. The van der Waals surface area contributed by atoms with Crippen LogP contribution in [0.2, 0.25) is 0 Å². The third-order valence-electron chi connectivity index (χ3n) is 2.67. The van der Waals surface area contributed by atoms with Crippen LogP contribution in [0, 0.1) is 0 Å². The molecule has 0 atom stereocenters. The van der Waals surface area contributed by atoms with Crippen LogP contribution in [0.3, 0.4) is 0 Å². The lowest BCUT2D eigenvalue weighted by atomic mass is 10.3. The van der Waals surface area contributed by atoms with Crippen molar-refractivity contribution in [2.75, 3.05) is 37.7 Å². The zero-order chi connectivity index (χ0) is 14.6. The van der Waals surface area contributed by atoms with Crippen molar-refractivity contribution in [2.24, 2.45) is 0 Å². The second kappa shape index (κ2) is 6.04. The van der Waals surface area contributed by atoms with Crippen molar-refractivity contribution in [2.45, 2.75) is 6.18 Å². The molecule has 1 amide bonds. The van der Waals surface area contributed by atoms with E-state index in [2.05, 4.69) is 10.2 Å². The zero-order valence-corrected chi connectivity index (χ0v) is 10.5. The highest BCUT2D eigenvalue weighted by molar-refractivity contribution is 5.92. The minimum absolute atomic E-state index is 0.147. The van der Waals surface area contributed by atoms with Gasteiger partial charge in [-0.1, -0.05) is 0 Å². The molecule has 1 fully saturated rings. The topological polar surface area (TPSA) is 67.4 Å². The molecule has 1 N–H and O–H groups in total. The van der Waals surface area contributed by atoms with Crippen molar-refractivity contribution in [1.82, 2.24) is 15.5 Å². The maximum Gasteiger partial charge on any atom is 0.405 e. The van der Waals surface area contributed by atoms with Gasteiger partial charge in [-0.15, -0.1) is 10.2 Å². The van der Waals surface area contributed by atoms with Crippen LogP contribution < -0.4 is 10.2 Å². The summed E-state index contributed by atoms with van der Waals surface area (Å²) in [5.74, 6) is -0.330. The Morgan fingerprint density at radius 1 is 1.30 bits per heavy atom. The standard InChI is InChI=1S/C11H13F3N4O2/c12-11(13,14)7-15-10(19)8-1-2-9(17-16-8)18-3-5-20-6-4-18/h1-2H,3-7H2,(H,15,19). The predicted molar refractivity (Wildman–Crippen MR) is 63.5 cm³/mol. The number of nitrogens with zero attached hydrogens (tertiary/aromatic N) is 3. The Bertz CT molecular complexity index is 458. The third-order valence-corrected chi connectivity index (χ3v) is 2.67. The Labute approximate surface area is 112 Å². The second-order valence-electron chi connectivity index (χ2n) is 4.17. The fraction of sp³-hybridized carbons (Fsp3) is 0.545. The first-order valence-electron chi connectivity index (χ1n) is 5.97. The van der Waals surface area contributed by atoms with E-state index in [1.54, 1.807) is 11.4 Å². The van der Waals surface area contributed by atoms with Crippen LogP contribution in [0.1, 0.15) is 10.5 Å². The van der Waals surface area contributed by atoms with Crippen molar-refractivity contribution >= 4 is 11.7 Å². The Morgan fingerprint density at radius 2 is 2.00 bits per heavy atom. The molecular formula is C11H13F3N4O2. The summed E-state index contributed by atoms with van der Waals surface area (Å²) in [7, 11) is 0. The number of nitrogens with one attached hydrogen (secondary N) is 1. The molecule has 0 aromatic carbocycles. The molecule has 1 aromatic heterocycles. The lowest BCUT2D eigenvalue weighted by Crippen LogP contribution is -2.37. The molecule has 1 aliphatic heterocycles. The molecule has 0 radical (unpaired) electrons. The van der Waals surface area contributed by atoms with Gasteiger partial charge in [-0.3, -0.25) is 4.79 Å². The molecule has 2 heterocycles. The molecule has 1 aliphatic rings. The Morgan fingerprint density at radius 3 is 2.55 bits per heavy atom. The van der Waals surface area contributed by atoms with E-state index >= 15 is 0 Å². The summed E-state index contributed by atoms with van der Waals surface area (Å²) < 4.78 is 41.1. The zero-order valence-electron chi connectivity index (χ0n) is 10.5. The minimum Gasteiger partial charge on any atom is -0.378 e. The highest BCUT2D eigenvalue weighted by atomic mass is 19.4. The summed E-state index contributed by atoms with van der Waals surface area (Å²) in [6, 6.07) is 2.91. The highest BCUT2D eigenvalue weighted by Gasteiger charge is 2.28. The van der Waals surface area contributed by atoms with Crippen LogP contribution in [-0.2, 0) is 4.74 Å². The molecule has 0 aliphatic carbocycles. The SMILES string of the molecule is O=C(NCC(F)(F)F)c1ccc(N2CCOCC2)nn1. The number of hydrogen-bond donors (Lipinski definition) is 1. The highest BCUT2D eigenvalue weighted by Crippen LogP contribution is 2.13. The summed E-state index contributed by atoms with van der Waals surface area (Å²) in [5, 5.41) is 9.23. The summed E-state index contributed by atoms with van der Waals surface area (Å²) >= 11 is 0. The van der Waals surface area contributed by atoms with Crippen LogP contribution in [0.25, 0.3) is 0 Å². The Hall–Kier alpha value is -1.90. The van der Waals surface area contributed by atoms with Crippen LogP contribution in [0.5, 0.6) is 0 Å². The van der Waals surface area contributed by atoms with Gasteiger partial charge in [0.2, 0.25) is 0 Å². The molecule has 20 heavy (non-hydrogen) atoms. The molecule has 110 valence electrons. The Kier molecular flexibility index (Phi) is 4.38. The van der Waals surface area contributed by atoms with Crippen LogP contribution in [0.4, 0.5) is 19.0 Å². The normalized spacial score (nSPS) is 16.1. The van der Waals surface area contributed by atoms with Crippen LogP contribution >= 0.6 is 0 Å². The molecule has 0 bridgehead atoms. The third kappa shape index (κ3) is 4.05. The first-order valence-corrected chi connectivity index (χ1v) is 5.97. The van der Waals surface area contributed by atoms with Gasteiger partial charge in [-0.2, -0.15) is 13.2 Å². The molecular weight excluding hydrogens is 277 g/mol. The summed E-state index contributed by atoms with van der Waals surface area (Å²) in [4.78, 5) is 13.4. The Balaban J connectivity index is 1.95. The number of alkyl halides is 3. The number of aromatic nitrogens is 2. The molecule has 1 saturated heterocycles. The van der Waals surface area contributed by atoms with Crippen molar-refractivity contribution in [3.63, 3.8) is 0 Å². The monoisotopic (exact) mass is 290 g/mol. The smallest absolute Gasteiger partial charge is 0.378 e.